The Bertz CT molecular complexity index is 437. The lowest BCUT2D eigenvalue weighted by molar-refractivity contribution is 0.143. The molecule has 0 aromatic heterocycles. The van der Waals surface area contributed by atoms with E-state index in [1.165, 1.54) is 5.56 Å². The molecule has 0 aliphatic carbocycles. The Labute approximate surface area is 127 Å². The number of thiocarbonyl (C=S) groups is 1. The van der Waals surface area contributed by atoms with Crippen LogP contribution in [0.15, 0.2) is 24.3 Å². The first kappa shape index (κ1) is 15.3. The van der Waals surface area contributed by atoms with Gasteiger partial charge in [0.1, 0.15) is 11.9 Å². The molecule has 1 heterocycles. The molecule has 110 valence electrons. The monoisotopic (exact) mass is 292 g/mol. The minimum Gasteiger partial charge on any atom is -0.488 e. The van der Waals surface area contributed by atoms with Gasteiger partial charge in [-0.25, -0.2) is 0 Å². The van der Waals surface area contributed by atoms with Crippen LogP contribution in [-0.4, -0.2) is 35.6 Å². The van der Waals surface area contributed by atoms with Crippen molar-refractivity contribution in [2.45, 2.75) is 32.8 Å². The summed E-state index contributed by atoms with van der Waals surface area (Å²) in [5, 5.41) is 0. The zero-order chi connectivity index (χ0) is 14.5. The van der Waals surface area contributed by atoms with Crippen molar-refractivity contribution in [1.82, 2.24) is 4.90 Å². The van der Waals surface area contributed by atoms with Crippen LogP contribution in [0.4, 0.5) is 0 Å². The van der Waals surface area contributed by atoms with Gasteiger partial charge in [-0.15, -0.1) is 0 Å². The lowest BCUT2D eigenvalue weighted by Crippen LogP contribution is -2.38. The number of ether oxygens (including phenoxy) is 1. The van der Waals surface area contributed by atoms with Gasteiger partial charge in [0.15, 0.2) is 0 Å². The van der Waals surface area contributed by atoms with Gasteiger partial charge in [0.2, 0.25) is 0 Å². The summed E-state index contributed by atoms with van der Waals surface area (Å²) in [6, 6.07) is 8.30. The Balaban J connectivity index is 1.90. The smallest absolute Gasteiger partial charge is 0.123 e. The van der Waals surface area contributed by atoms with Crippen molar-refractivity contribution in [3.8, 4) is 5.75 Å². The maximum Gasteiger partial charge on any atom is 0.123 e. The number of hydrogen-bond donors (Lipinski definition) is 1. The van der Waals surface area contributed by atoms with E-state index >= 15 is 0 Å². The van der Waals surface area contributed by atoms with Crippen molar-refractivity contribution in [1.29, 1.82) is 0 Å². The predicted molar refractivity (Wildman–Crippen MR) is 87.2 cm³/mol. The minimum absolute atomic E-state index is 0.248. The number of nitrogens with zero attached hydrogens (tertiary/aromatic N) is 1. The van der Waals surface area contributed by atoms with Crippen LogP contribution in [0, 0.1) is 5.92 Å². The van der Waals surface area contributed by atoms with E-state index in [4.69, 9.17) is 22.7 Å². The summed E-state index contributed by atoms with van der Waals surface area (Å²) in [7, 11) is 0. The van der Waals surface area contributed by atoms with Crippen LogP contribution in [0.1, 0.15) is 25.8 Å². The largest absolute Gasteiger partial charge is 0.488 e. The maximum absolute atomic E-state index is 6.02. The molecule has 0 amide bonds. The van der Waals surface area contributed by atoms with Crippen molar-refractivity contribution in [2.75, 3.05) is 19.6 Å². The Kier molecular flexibility index (Phi) is 5.38. The minimum atomic E-state index is 0.248. The van der Waals surface area contributed by atoms with Gasteiger partial charge >= 0.3 is 0 Å². The van der Waals surface area contributed by atoms with Gasteiger partial charge in [-0.05, 0) is 17.5 Å². The first-order valence-electron chi connectivity index (χ1n) is 7.30. The van der Waals surface area contributed by atoms with Gasteiger partial charge < -0.3 is 10.5 Å². The standard InChI is InChI=1S/C16H24N2OS/c1-12(2)10-18(8-7-16(17)20)11-14-9-13-5-3-4-6-15(13)19-14/h3-6,12,14H,7-11H2,1-2H3,(H2,17,20). The fourth-order valence-corrected chi connectivity index (χ4v) is 2.78. The van der Waals surface area contributed by atoms with Crippen LogP contribution in [-0.2, 0) is 6.42 Å². The summed E-state index contributed by atoms with van der Waals surface area (Å²) in [4.78, 5) is 3.01. The van der Waals surface area contributed by atoms with Gasteiger partial charge in [-0.1, -0.05) is 44.3 Å². The zero-order valence-corrected chi connectivity index (χ0v) is 13.2. The third-order valence-corrected chi connectivity index (χ3v) is 3.68. The topological polar surface area (TPSA) is 38.5 Å². The number of fused-ring (bicyclic) bond motifs is 1. The Morgan fingerprint density at radius 2 is 2.20 bits per heavy atom. The molecular formula is C16H24N2OS. The van der Waals surface area contributed by atoms with Crippen LogP contribution in [0.25, 0.3) is 0 Å². The van der Waals surface area contributed by atoms with Crippen molar-refractivity contribution < 1.29 is 4.74 Å². The van der Waals surface area contributed by atoms with Gasteiger partial charge in [-0.3, -0.25) is 4.90 Å². The molecule has 2 N–H and O–H groups in total. The van der Waals surface area contributed by atoms with Crippen LogP contribution in [0.5, 0.6) is 5.75 Å². The van der Waals surface area contributed by atoms with E-state index < -0.39 is 0 Å². The van der Waals surface area contributed by atoms with Crippen molar-refractivity contribution in [3.05, 3.63) is 29.8 Å². The number of benzene rings is 1. The lowest BCUT2D eigenvalue weighted by Gasteiger charge is -2.26. The first-order chi connectivity index (χ1) is 9.54. The normalized spacial score (nSPS) is 17.3. The number of hydrogen-bond acceptors (Lipinski definition) is 3. The number of para-hydroxylation sites is 1. The number of rotatable bonds is 7. The molecular weight excluding hydrogens is 268 g/mol. The predicted octanol–water partition coefficient (Wildman–Crippen LogP) is 2.62. The fourth-order valence-electron chi connectivity index (χ4n) is 2.69. The summed E-state index contributed by atoms with van der Waals surface area (Å²) < 4.78 is 6.02. The van der Waals surface area contributed by atoms with Gasteiger partial charge in [0, 0.05) is 32.5 Å². The molecule has 4 heteroatoms. The summed E-state index contributed by atoms with van der Waals surface area (Å²) >= 11 is 4.99. The van der Waals surface area contributed by atoms with Crippen molar-refractivity contribution in [3.63, 3.8) is 0 Å². The van der Waals surface area contributed by atoms with Crippen molar-refractivity contribution in [2.24, 2.45) is 11.7 Å². The second-order valence-corrected chi connectivity index (χ2v) is 6.45. The molecule has 0 spiro atoms. The first-order valence-corrected chi connectivity index (χ1v) is 7.70. The van der Waals surface area contributed by atoms with E-state index in [-0.39, 0.29) is 6.10 Å². The summed E-state index contributed by atoms with van der Waals surface area (Å²) in [5.41, 5.74) is 6.94. The molecule has 3 nitrogen and oxygen atoms in total. The fraction of sp³-hybridized carbons (Fsp3) is 0.562. The second-order valence-electron chi connectivity index (χ2n) is 5.92. The highest BCUT2D eigenvalue weighted by Crippen LogP contribution is 2.28. The molecule has 0 saturated carbocycles. The lowest BCUT2D eigenvalue weighted by atomic mass is 10.1. The van der Waals surface area contributed by atoms with E-state index in [9.17, 15) is 0 Å². The quantitative estimate of drug-likeness (QED) is 0.784. The maximum atomic E-state index is 6.02. The van der Waals surface area contributed by atoms with Gasteiger partial charge in [-0.2, -0.15) is 0 Å². The van der Waals surface area contributed by atoms with Crippen LogP contribution in [0.2, 0.25) is 0 Å². The molecule has 1 unspecified atom stereocenters. The molecule has 0 fully saturated rings. The Hall–Kier alpha value is -1.13. The SMILES string of the molecule is CC(C)CN(CCC(N)=S)CC1Cc2ccccc2O1. The van der Waals surface area contributed by atoms with E-state index in [1.54, 1.807) is 0 Å². The highest BCUT2D eigenvalue weighted by molar-refractivity contribution is 7.80. The Morgan fingerprint density at radius 1 is 1.45 bits per heavy atom. The molecule has 2 rings (SSSR count). The summed E-state index contributed by atoms with van der Waals surface area (Å²) in [6.07, 6.45) is 2.03. The molecule has 0 radical (unpaired) electrons. The molecule has 20 heavy (non-hydrogen) atoms. The average molecular weight is 292 g/mol. The Morgan fingerprint density at radius 3 is 2.85 bits per heavy atom. The highest BCUT2D eigenvalue weighted by Gasteiger charge is 2.24. The third-order valence-electron chi connectivity index (χ3n) is 3.47. The highest BCUT2D eigenvalue weighted by atomic mass is 32.1. The molecule has 0 saturated heterocycles. The molecule has 1 aromatic rings. The molecule has 0 bridgehead atoms. The number of nitrogens with two attached hydrogens (primary N) is 1. The van der Waals surface area contributed by atoms with Crippen LogP contribution >= 0.6 is 12.2 Å². The van der Waals surface area contributed by atoms with E-state index in [2.05, 4.69) is 36.9 Å². The van der Waals surface area contributed by atoms with E-state index in [0.717, 1.165) is 38.2 Å². The van der Waals surface area contributed by atoms with Crippen molar-refractivity contribution >= 4 is 17.2 Å². The molecule has 1 aliphatic rings. The molecule has 1 atom stereocenters. The zero-order valence-electron chi connectivity index (χ0n) is 12.3. The second kappa shape index (κ2) is 7.04. The van der Waals surface area contributed by atoms with Gasteiger partial charge in [0.25, 0.3) is 0 Å². The van der Waals surface area contributed by atoms with Crippen LogP contribution in [0.3, 0.4) is 0 Å². The van der Waals surface area contributed by atoms with Crippen LogP contribution < -0.4 is 10.5 Å². The summed E-state index contributed by atoms with van der Waals surface area (Å²) in [6.45, 7) is 7.38. The summed E-state index contributed by atoms with van der Waals surface area (Å²) in [5.74, 6) is 1.67. The molecule has 1 aliphatic heterocycles. The third kappa shape index (κ3) is 4.46. The van der Waals surface area contributed by atoms with E-state index in [1.807, 2.05) is 6.07 Å². The van der Waals surface area contributed by atoms with E-state index in [0.29, 0.717) is 10.9 Å². The van der Waals surface area contributed by atoms with Gasteiger partial charge in [0.05, 0.1) is 4.99 Å². The molecule has 1 aromatic carbocycles. The average Bonchev–Trinajstić information content (AvgIpc) is 2.77.